The third-order valence-electron chi connectivity index (χ3n) is 3.55. The molecule has 0 amide bonds. The maximum atomic E-state index is 5.80. The van der Waals surface area contributed by atoms with Crippen LogP contribution in [0.4, 0.5) is 11.9 Å². The zero-order chi connectivity index (χ0) is 14.8. The maximum absolute atomic E-state index is 5.80. The molecule has 2 aromatic rings. The Morgan fingerprint density at radius 3 is 2.62 bits per heavy atom. The van der Waals surface area contributed by atoms with E-state index in [1.807, 2.05) is 32.0 Å². The Hall–Kier alpha value is -2.37. The normalized spacial score (nSPS) is 14.5. The molecular weight excluding hydrogens is 266 g/mol. The van der Waals surface area contributed by atoms with E-state index in [4.69, 9.17) is 10.5 Å². The summed E-state index contributed by atoms with van der Waals surface area (Å²) in [5.74, 6) is 1.53. The number of benzene rings is 1. The van der Waals surface area contributed by atoms with Crippen molar-refractivity contribution >= 4 is 11.9 Å². The second kappa shape index (κ2) is 5.55. The highest BCUT2D eigenvalue weighted by Crippen LogP contribution is 2.25. The first-order valence-electron chi connectivity index (χ1n) is 7.13. The lowest BCUT2D eigenvalue weighted by Crippen LogP contribution is -2.21. The molecule has 6 nitrogen and oxygen atoms in total. The number of nitrogen functional groups attached to an aromatic ring is 1. The third-order valence-corrected chi connectivity index (χ3v) is 3.55. The Morgan fingerprint density at radius 1 is 1.10 bits per heavy atom. The number of nitrogens with zero attached hydrogens (tertiary/aromatic N) is 4. The highest BCUT2D eigenvalue weighted by Gasteiger charge is 2.17. The number of nitrogens with two attached hydrogens (primary N) is 1. The minimum absolute atomic E-state index is 0.187. The van der Waals surface area contributed by atoms with Crippen LogP contribution in [-0.4, -0.2) is 28.0 Å². The van der Waals surface area contributed by atoms with Crippen LogP contribution in [0.25, 0.3) is 0 Å². The number of ether oxygens (including phenoxy) is 1. The lowest BCUT2D eigenvalue weighted by Gasteiger charge is -2.16. The molecule has 0 spiro atoms. The fraction of sp³-hybridized carbons (Fsp3) is 0.400. The Kier molecular flexibility index (Phi) is 3.60. The van der Waals surface area contributed by atoms with Crippen molar-refractivity contribution in [1.29, 1.82) is 0 Å². The van der Waals surface area contributed by atoms with E-state index in [1.54, 1.807) is 0 Å². The second-order valence-electron chi connectivity index (χ2n) is 5.34. The van der Waals surface area contributed by atoms with Crippen molar-refractivity contribution in [2.24, 2.45) is 0 Å². The topological polar surface area (TPSA) is 77.2 Å². The summed E-state index contributed by atoms with van der Waals surface area (Å²) < 4.78 is 5.80. The Morgan fingerprint density at radius 2 is 1.86 bits per heavy atom. The molecule has 0 aliphatic carbocycles. The van der Waals surface area contributed by atoms with E-state index < -0.39 is 0 Å². The summed E-state index contributed by atoms with van der Waals surface area (Å²) in [6.45, 7) is 5.91. The summed E-state index contributed by atoms with van der Waals surface area (Å²) in [5.41, 5.74) is 7.93. The van der Waals surface area contributed by atoms with E-state index in [2.05, 4.69) is 19.9 Å². The van der Waals surface area contributed by atoms with Gasteiger partial charge in [0.2, 0.25) is 11.9 Å². The van der Waals surface area contributed by atoms with Crippen LogP contribution in [0.2, 0.25) is 0 Å². The lowest BCUT2D eigenvalue weighted by atomic mass is 10.1. The van der Waals surface area contributed by atoms with Gasteiger partial charge in [-0.25, -0.2) is 0 Å². The first-order chi connectivity index (χ1) is 10.1. The van der Waals surface area contributed by atoms with Crippen LogP contribution in [0.3, 0.4) is 0 Å². The molecule has 6 heteroatoms. The van der Waals surface area contributed by atoms with Gasteiger partial charge in [0, 0.05) is 13.1 Å². The van der Waals surface area contributed by atoms with Crippen LogP contribution in [0, 0.1) is 13.8 Å². The second-order valence-corrected chi connectivity index (χ2v) is 5.34. The van der Waals surface area contributed by atoms with Crippen LogP contribution in [0.5, 0.6) is 11.8 Å². The number of aromatic nitrogens is 3. The minimum Gasteiger partial charge on any atom is -0.424 e. The summed E-state index contributed by atoms with van der Waals surface area (Å²) in [5, 5.41) is 0. The fourth-order valence-corrected chi connectivity index (χ4v) is 2.38. The highest BCUT2D eigenvalue weighted by molar-refractivity contribution is 5.40. The van der Waals surface area contributed by atoms with Crippen molar-refractivity contribution in [3.8, 4) is 11.8 Å². The Bertz CT molecular complexity index is 653. The number of aryl methyl sites for hydroxylation is 2. The van der Waals surface area contributed by atoms with Gasteiger partial charge < -0.3 is 15.4 Å². The molecule has 1 aliphatic heterocycles. The maximum Gasteiger partial charge on any atom is 0.328 e. The van der Waals surface area contributed by atoms with E-state index in [9.17, 15) is 0 Å². The molecular formula is C15H19N5O. The van der Waals surface area contributed by atoms with Crippen LogP contribution in [-0.2, 0) is 0 Å². The van der Waals surface area contributed by atoms with Gasteiger partial charge in [-0.1, -0.05) is 12.1 Å². The van der Waals surface area contributed by atoms with Crippen LogP contribution in [0.1, 0.15) is 24.0 Å². The van der Waals surface area contributed by atoms with Crippen molar-refractivity contribution < 1.29 is 4.74 Å². The van der Waals surface area contributed by atoms with E-state index in [1.165, 1.54) is 0 Å². The molecule has 0 atom stereocenters. The van der Waals surface area contributed by atoms with E-state index in [-0.39, 0.29) is 12.0 Å². The zero-order valence-corrected chi connectivity index (χ0v) is 12.3. The fourth-order valence-electron chi connectivity index (χ4n) is 2.38. The van der Waals surface area contributed by atoms with Crippen molar-refractivity contribution in [2.75, 3.05) is 23.7 Å². The predicted molar refractivity (Wildman–Crippen MR) is 81.7 cm³/mol. The van der Waals surface area contributed by atoms with Gasteiger partial charge in [-0.3, -0.25) is 0 Å². The predicted octanol–water partition coefficient (Wildman–Crippen LogP) is 2.46. The van der Waals surface area contributed by atoms with Gasteiger partial charge in [0.1, 0.15) is 5.75 Å². The number of hydrogen-bond donors (Lipinski definition) is 1. The molecule has 1 aromatic heterocycles. The van der Waals surface area contributed by atoms with E-state index >= 15 is 0 Å². The van der Waals surface area contributed by atoms with Crippen LogP contribution >= 0.6 is 0 Å². The quantitative estimate of drug-likeness (QED) is 0.933. The average molecular weight is 285 g/mol. The molecule has 21 heavy (non-hydrogen) atoms. The molecule has 1 fully saturated rings. The van der Waals surface area contributed by atoms with Gasteiger partial charge in [-0.2, -0.15) is 15.0 Å². The summed E-state index contributed by atoms with van der Waals surface area (Å²) in [7, 11) is 0. The monoisotopic (exact) mass is 285 g/mol. The van der Waals surface area contributed by atoms with Gasteiger partial charge in [-0.15, -0.1) is 0 Å². The molecule has 0 unspecified atom stereocenters. The smallest absolute Gasteiger partial charge is 0.328 e. The number of anilines is 2. The molecule has 3 rings (SSSR count). The third kappa shape index (κ3) is 3.04. The highest BCUT2D eigenvalue weighted by atomic mass is 16.5. The van der Waals surface area contributed by atoms with Gasteiger partial charge >= 0.3 is 6.01 Å². The Balaban J connectivity index is 1.89. The lowest BCUT2D eigenvalue weighted by molar-refractivity contribution is 0.437. The molecule has 0 saturated carbocycles. The number of hydrogen-bond acceptors (Lipinski definition) is 6. The summed E-state index contributed by atoms with van der Waals surface area (Å²) in [6.07, 6.45) is 2.30. The van der Waals surface area contributed by atoms with E-state index in [0.29, 0.717) is 5.95 Å². The average Bonchev–Trinajstić information content (AvgIpc) is 2.96. The molecule has 1 aromatic carbocycles. The SMILES string of the molecule is Cc1ccc(C)c(Oc2nc(N)nc(N3CCCC3)n2)c1. The van der Waals surface area contributed by atoms with E-state index in [0.717, 1.165) is 42.8 Å². The summed E-state index contributed by atoms with van der Waals surface area (Å²) >= 11 is 0. The van der Waals surface area contributed by atoms with Crippen molar-refractivity contribution in [1.82, 2.24) is 15.0 Å². The first-order valence-corrected chi connectivity index (χ1v) is 7.13. The van der Waals surface area contributed by atoms with Gasteiger partial charge in [0.05, 0.1) is 0 Å². The molecule has 110 valence electrons. The first kappa shape index (κ1) is 13.6. The molecule has 1 saturated heterocycles. The van der Waals surface area contributed by atoms with Gasteiger partial charge in [0.25, 0.3) is 0 Å². The van der Waals surface area contributed by atoms with Crippen LogP contribution in [0.15, 0.2) is 18.2 Å². The molecule has 1 aliphatic rings. The Labute approximate surface area is 124 Å². The largest absolute Gasteiger partial charge is 0.424 e. The zero-order valence-electron chi connectivity index (χ0n) is 12.3. The minimum atomic E-state index is 0.187. The molecule has 2 heterocycles. The summed E-state index contributed by atoms with van der Waals surface area (Å²) in [6, 6.07) is 6.26. The van der Waals surface area contributed by atoms with Gasteiger partial charge in [0.15, 0.2) is 0 Å². The molecule has 2 N–H and O–H groups in total. The number of rotatable bonds is 3. The molecule has 0 bridgehead atoms. The van der Waals surface area contributed by atoms with Crippen LogP contribution < -0.4 is 15.4 Å². The molecule has 0 radical (unpaired) electrons. The standard InChI is InChI=1S/C15H19N5O/c1-10-5-6-11(2)12(9-10)21-15-18-13(16)17-14(19-15)20-7-3-4-8-20/h5-6,9H,3-4,7-8H2,1-2H3,(H2,16,17,18,19). The van der Waals surface area contributed by atoms with Crippen molar-refractivity contribution in [3.63, 3.8) is 0 Å². The summed E-state index contributed by atoms with van der Waals surface area (Å²) in [4.78, 5) is 14.8. The van der Waals surface area contributed by atoms with Crippen molar-refractivity contribution in [3.05, 3.63) is 29.3 Å². The van der Waals surface area contributed by atoms with Crippen molar-refractivity contribution in [2.45, 2.75) is 26.7 Å². The van der Waals surface area contributed by atoms with Gasteiger partial charge in [-0.05, 0) is 43.9 Å².